The second-order valence-corrected chi connectivity index (χ2v) is 7.64. The van der Waals surface area contributed by atoms with Gasteiger partial charge in [-0.25, -0.2) is 4.79 Å². The Morgan fingerprint density at radius 3 is 2.27 bits per heavy atom. The summed E-state index contributed by atoms with van der Waals surface area (Å²) in [5.74, 6) is 0. The maximum Gasteiger partial charge on any atom is 0.410 e. The van der Waals surface area contributed by atoms with Crippen LogP contribution in [0, 0.1) is 0 Å². The molecule has 2 heterocycles. The zero-order valence-corrected chi connectivity index (χ0v) is 15.4. The standard InChI is InChI=1S/C20H24N2O4/c1-20(2,3)26-19(25)21-11-8-14(9-12-21)22-13-10-17(23)15-6-4-5-7-16(15)18(22)24/h4-7,10,13-14H,8-9,11-12H2,1-3H3. The third-order valence-electron chi connectivity index (χ3n) is 4.55. The molecule has 2 aromatic rings. The van der Waals surface area contributed by atoms with E-state index < -0.39 is 5.60 Å². The van der Waals surface area contributed by atoms with Crippen molar-refractivity contribution in [1.82, 2.24) is 9.47 Å². The first-order valence-electron chi connectivity index (χ1n) is 8.88. The number of piperidine rings is 1. The van der Waals surface area contributed by atoms with Crippen LogP contribution in [-0.2, 0) is 4.74 Å². The Balaban J connectivity index is 1.84. The summed E-state index contributed by atoms with van der Waals surface area (Å²) >= 11 is 0. The van der Waals surface area contributed by atoms with E-state index in [1.165, 1.54) is 6.07 Å². The SMILES string of the molecule is CC(C)(C)OC(=O)N1CCC(n2ccc(=O)c3ccccc3c2=O)CC1. The first-order chi connectivity index (χ1) is 12.3. The summed E-state index contributed by atoms with van der Waals surface area (Å²) in [6, 6.07) is 8.28. The number of hydrogen-bond acceptors (Lipinski definition) is 4. The van der Waals surface area contributed by atoms with Gasteiger partial charge in [-0.2, -0.15) is 0 Å². The molecule has 1 aliphatic rings. The Kier molecular flexibility index (Phi) is 4.85. The van der Waals surface area contributed by atoms with Crippen molar-refractivity contribution in [3.05, 3.63) is 57.1 Å². The number of nitrogens with zero attached hydrogens (tertiary/aromatic N) is 2. The Morgan fingerprint density at radius 1 is 1.04 bits per heavy atom. The molecule has 1 aromatic heterocycles. The Hall–Kier alpha value is -2.63. The molecule has 26 heavy (non-hydrogen) atoms. The molecule has 6 heteroatoms. The van der Waals surface area contributed by atoms with Crippen LogP contribution in [0.25, 0.3) is 10.8 Å². The quantitative estimate of drug-likeness (QED) is 0.788. The third-order valence-corrected chi connectivity index (χ3v) is 4.55. The summed E-state index contributed by atoms with van der Waals surface area (Å²) in [6.07, 6.45) is 2.55. The predicted octanol–water partition coefficient (Wildman–Crippen LogP) is 2.93. The van der Waals surface area contributed by atoms with Crippen molar-refractivity contribution in [2.24, 2.45) is 0 Å². The minimum Gasteiger partial charge on any atom is -0.444 e. The van der Waals surface area contributed by atoms with Gasteiger partial charge in [0.05, 0.1) is 5.39 Å². The van der Waals surface area contributed by atoms with Gasteiger partial charge in [0, 0.05) is 36.8 Å². The van der Waals surface area contributed by atoms with Gasteiger partial charge in [-0.1, -0.05) is 18.2 Å². The first kappa shape index (κ1) is 18.2. The number of rotatable bonds is 1. The third kappa shape index (κ3) is 3.79. The largest absolute Gasteiger partial charge is 0.444 e. The van der Waals surface area contributed by atoms with Crippen molar-refractivity contribution in [1.29, 1.82) is 0 Å². The number of fused-ring (bicyclic) bond motifs is 1. The molecular weight excluding hydrogens is 332 g/mol. The molecule has 138 valence electrons. The minimum atomic E-state index is -0.526. The maximum atomic E-state index is 12.9. The molecule has 0 radical (unpaired) electrons. The molecule has 0 N–H and O–H groups in total. The lowest BCUT2D eigenvalue weighted by molar-refractivity contribution is 0.0187. The van der Waals surface area contributed by atoms with Gasteiger partial charge in [0.15, 0.2) is 5.43 Å². The van der Waals surface area contributed by atoms with E-state index in [1.54, 1.807) is 39.9 Å². The molecule has 0 aliphatic carbocycles. The summed E-state index contributed by atoms with van der Waals surface area (Å²) in [5, 5.41) is 0.861. The maximum absolute atomic E-state index is 12.9. The van der Waals surface area contributed by atoms with Gasteiger partial charge in [-0.05, 0) is 39.7 Å². The molecule has 1 amide bonds. The van der Waals surface area contributed by atoms with Crippen LogP contribution >= 0.6 is 0 Å². The molecule has 0 atom stereocenters. The van der Waals surface area contributed by atoms with Gasteiger partial charge >= 0.3 is 6.09 Å². The molecule has 3 rings (SSSR count). The Bertz CT molecular complexity index is 935. The molecule has 1 aliphatic heterocycles. The highest BCUT2D eigenvalue weighted by Crippen LogP contribution is 2.22. The molecule has 1 saturated heterocycles. The summed E-state index contributed by atoms with van der Waals surface area (Å²) in [7, 11) is 0. The Labute approximate surface area is 152 Å². The van der Waals surface area contributed by atoms with E-state index in [4.69, 9.17) is 4.74 Å². The van der Waals surface area contributed by atoms with Crippen LogP contribution in [0.5, 0.6) is 0 Å². The van der Waals surface area contributed by atoms with Gasteiger partial charge in [-0.15, -0.1) is 0 Å². The highest BCUT2D eigenvalue weighted by molar-refractivity contribution is 5.80. The van der Waals surface area contributed by atoms with E-state index in [0.717, 1.165) is 0 Å². The molecule has 0 spiro atoms. The Morgan fingerprint density at radius 2 is 1.65 bits per heavy atom. The molecular formula is C20H24N2O4. The fourth-order valence-electron chi connectivity index (χ4n) is 3.27. The number of ether oxygens (including phenoxy) is 1. The number of carbonyl (C=O) groups excluding carboxylic acids is 1. The summed E-state index contributed by atoms with van der Waals surface area (Å²) < 4.78 is 7.04. The average molecular weight is 356 g/mol. The second kappa shape index (κ2) is 6.94. The van der Waals surface area contributed by atoms with Gasteiger partial charge in [0.1, 0.15) is 5.60 Å². The smallest absolute Gasteiger partial charge is 0.410 e. The van der Waals surface area contributed by atoms with E-state index >= 15 is 0 Å². The monoisotopic (exact) mass is 356 g/mol. The zero-order valence-electron chi connectivity index (χ0n) is 15.4. The van der Waals surface area contributed by atoms with Crippen LogP contribution in [0.1, 0.15) is 39.7 Å². The van der Waals surface area contributed by atoms with Crippen LogP contribution in [0.4, 0.5) is 4.79 Å². The van der Waals surface area contributed by atoms with Gasteiger partial charge < -0.3 is 14.2 Å². The highest BCUT2D eigenvalue weighted by atomic mass is 16.6. The normalized spacial score (nSPS) is 15.9. The van der Waals surface area contributed by atoms with E-state index in [-0.39, 0.29) is 23.1 Å². The number of benzene rings is 1. The lowest BCUT2D eigenvalue weighted by atomic mass is 10.1. The molecule has 0 unspecified atom stereocenters. The molecule has 1 fully saturated rings. The first-order valence-corrected chi connectivity index (χ1v) is 8.88. The average Bonchev–Trinajstić information content (AvgIpc) is 2.72. The number of carbonyl (C=O) groups is 1. The minimum absolute atomic E-state index is 0.0450. The highest BCUT2D eigenvalue weighted by Gasteiger charge is 2.27. The second-order valence-electron chi connectivity index (χ2n) is 7.64. The van der Waals surface area contributed by atoms with Crippen LogP contribution in [0.3, 0.4) is 0 Å². The van der Waals surface area contributed by atoms with Crippen molar-refractivity contribution < 1.29 is 9.53 Å². The molecule has 1 aromatic carbocycles. The fourth-order valence-corrected chi connectivity index (χ4v) is 3.27. The number of aromatic nitrogens is 1. The van der Waals surface area contributed by atoms with E-state index in [1.807, 2.05) is 20.8 Å². The van der Waals surface area contributed by atoms with Crippen LogP contribution in [-0.4, -0.2) is 34.3 Å². The molecule has 6 nitrogen and oxygen atoms in total. The number of likely N-dealkylation sites (tertiary alicyclic amines) is 1. The lowest BCUT2D eigenvalue weighted by Crippen LogP contribution is -2.43. The number of hydrogen-bond donors (Lipinski definition) is 0. The molecule has 0 saturated carbocycles. The number of amides is 1. The lowest BCUT2D eigenvalue weighted by Gasteiger charge is -2.33. The van der Waals surface area contributed by atoms with E-state index in [2.05, 4.69) is 0 Å². The fraction of sp³-hybridized carbons (Fsp3) is 0.450. The van der Waals surface area contributed by atoms with Gasteiger partial charge in [0.25, 0.3) is 5.56 Å². The zero-order chi connectivity index (χ0) is 18.9. The van der Waals surface area contributed by atoms with E-state index in [0.29, 0.717) is 36.7 Å². The topological polar surface area (TPSA) is 68.6 Å². The summed E-state index contributed by atoms with van der Waals surface area (Å²) in [6.45, 7) is 6.56. The van der Waals surface area contributed by atoms with Crippen LogP contribution in [0.15, 0.2) is 46.1 Å². The van der Waals surface area contributed by atoms with Crippen molar-refractivity contribution in [2.45, 2.75) is 45.3 Å². The molecule has 0 bridgehead atoms. The van der Waals surface area contributed by atoms with Crippen molar-refractivity contribution in [2.75, 3.05) is 13.1 Å². The van der Waals surface area contributed by atoms with Crippen molar-refractivity contribution >= 4 is 16.9 Å². The summed E-state index contributed by atoms with van der Waals surface area (Å²) in [5.41, 5.74) is -0.859. The van der Waals surface area contributed by atoms with Gasteiger partial charge in [0.2, 0.25) is 0 Å². The van der Waals surface area contributed by atoms with Crippen molar-refractivity contribution in [3.8, 4) is 0 Å². The van der Waals surface area contributed by atoms with Crippen molar-refractivity contribution in [3.63, 3.8) is 0 Å². The van der Waals surface area contributed by atoms with Gasteiger partial charge in [-0.3, -0.25) is 9.59 Å². The predicted molar refractivity (Wildman–Crippen MR) is 101 cm³/mol. The van der Waals surface area contributed by atoms with E-state index in [9.17, 15) is 14.4 Å². The van der Waals surface area contributed by atoms with Crippen LogP contribution < -0.4 is 11.0 Å². The summed E-state index contributed by atoms with van der Waals surface area (Å²) in [4.78, 5) is 39.0. The van der Waals surface area contributed by atoms with Crippen LogP contribution in [0.2, 0.25) is 0 Å².